The third kappa shape index (κ3) is 4.65. The van der Waals surface area contributed by atoms with Crippen molar-refractivity contribution < 1.29 is 19.5 Å². The Bertz CT molecular complexity index is 1560. The highest BCUT2D eigenvalue weighted by Crippen LogP contribution is 2.67. The Morgan fingerprint density at radius 2 is 1.84 bits per heavy atom. The SMILES string of the molecule is C=CCN(C)C(=O)[C@@H]1[C@H]2C(=O)N([C@H](CO)c3ccccc3)C(C(=O)N(CC=C)Cn3nnc4ccccc43)C23CC[C@H]1S3. The first-order valence-electron chi connectivity index (χ1n) is 14.6. The molecule has 3 saturated heterocycles. The number of likely N-dealkylation sites (tertiary alicyclic amines) is 1. The number of hydrogen-bond donors (Lipinski definition) is 1. The standard InChI is InChI=1S/C32H36N6O4S/c1-4-17-35(3)29(40)26-25-15-16-32(43-25)27(26)30(41)38(24(19-39)21-11-7-6-8-12-21)28(32)31(42)36(18-5-2)20-37-23-14-10-9-13-22(23)33-34-37/h4-14,24-28,39H,1-2,15-20H2,3H3/t24-,25-,26+,27+,28?,32?/m1/s1. The Hall–Kier alpha value is -3.96. The molecule has 3 fully saturated rings. The van der Waals surface area contributed by atoms with E-state index in [0.717, 1.165) is 17.5 Å². The number of benzene rings is 2. The molecule has 6 rings (SSSR count). The second-order valence-corrected chi connectivity index (χ2v) is 13.1. The number of para-hydroxylation sites is 1. The zero-order valence-electron chi connectivity index (χ0n) is 24.2. The van der Waals surface area contributed by atoms with E-state index in [1.54, 1.807) is 50.3 Å². The number of hydrogen-bond acceptors (Lipinski definition) is 7. The second-order valence-electron chi connectivity index (χ2n) is 11.5. The molecule has 0 aliphatic carbocycles. The van der Waals surface area contributed by atoms with E-state index in [1.807, 2.05) is 54.6 Å². The Kier molecular flexibility index (Phi) is 7.87. The predicted molar refractivity (Wildman–Crippen MR) is 164 cm³/mol. The summed E-state index contributed by atoms with van der Waals surface area (Å²) in [5.74, 6) is -1.86. The highest BCUT2D eigenvalue weighted by Gasteiger charge is 2.74. The van der Waals surface area contributed by atoms with Crippen molar-refractivity contribution in [2.24, 2.45) is 11.8 Å². The lowest BCUT2D eigenvalue weighted by atomic mass is 9.70. The van der Waals surface area contributed by atoms with Crippen LogP contribution in [0.1, 0.15) is 24.4 Å². The third-order valence-electron chi connectivity index (χ3n) is 9.12. The first-order chi connectivity index (χ1) is 20.9. The summed E-state index contributed by atoms with van der Waals surface area (Å²) in [6.45, 7) is 8.00. The van der Waals surface area contributed by atoms with Crippen LogP contribution in [0.2, 0.25) is 0 Å². The largest absolute Gasteiger partial charge is 0.394 e. The molecule has 3 amide bonds. The second kappa shape index (κ2) is 11.6. The Morgan fingerprint density at radius 3 is 2.56 bits per heavy atom. The van der Waals surface area contributed by atoms with Gasteiger partial charge < -0.3 is 19.8 Å². The molecule has 1 aromatic heterocycles. The number of aromatic nitrogens is 3. The first kappa shape index (κ1) is 29.1. The number of amides is 3. The quantitative estimate of drug-likeness (QED) is 0.337. The van der Waals surface area contributed by atoms with Gasteiger partial charge in [0.15, 0.2) is 0 Å². The molecule has 0 radical (unpaired) electrons. The summed E-state index contributed by atoms with van der Waals surface area (Å²) in [5, 5.41) is 19.2. The molecule has 4 heterocycles. The highest BCUT2D eigenvalue weighted by atomic mass is 32.2. The van der Waals surface area contributed by atoms with E-state index in [1.165, 1.54) is 0 Å². The van der Waals surface area contributed by atoms with Gasteiger partial charge in [-0.2, -0.15) is 0 Å². The van der Waals surface area contributed by atoms with Crippen molar-refractivity contribution >= 4 is 40.5 Å². The molecule has 3 aliphatic heterocycles. The van der Waals surface area contributed by atoms with Gasteiger partial charge in [0.05, 0.1) is 34.7 Å². The number of aliphatic hydroxyl groups is 1. The van der Waals surface area contributed by atoms with Crippen molar-refractivity contribution in [3.05, 3.63) is 85.5 Å². The fourth-order valence-electron chi connectivity index (χ4n) is 7.28. The molecule has 10 nitrogen and oxygen atoms in total. The summed E-state index contributed by atoms with van der Waals surface area (Å²) in [6.07, 6.45) is 4.68. The molecule has 224 valence electrons. The van der Waals surface area contributed by atoms with Gasteiger partial charge in [-0.25, -0.2) is 4.68 Å². The smallest absolute Gasteiger partial charge is 0.248 e. The van der Waals surface area contributed by atoms with Crippen LogP contribution in [0.25, 0.3) is 11.0 Å². The van der Waals surface area contributed by atoms with Gasteiger partial charge in [-0.1, -0.05) is 59.8 Å². The zero-order valence-corrected chi connectivity index (χ0v) is 25.0. The van der Waals surface area contributed by atoms with Gasteiger partial charge in [0, 0.05) is 25.4 Å². The number of aliphatic hydroxyl groups excluding tert-OH is 1. The molecule has 1 N–H and O–H groups in total. The highest BCUT2D eigenvalue weighted by molar-refractivity contribution is 8.02. The van der Waals surface area contributed by atoms with Crippen LogP contribution >= 0.6 is 11.8 Å². The molecule has 2 unspecified atom stereocenters. The summed E-state index contributed by atoms with van der Waals surface area (Å²) in [6, 6.07) is 15.2. The average Bonchev–Trinajstić information content (AvgIpc) is 3.77. The summed E-state index contributed by atoms with van der Waals surface area (Å²) < 4.78 is 0.865. The number of likely N-dealkylation sites (N-methyl/N-ethyl adjacent to an activating group) is 1. The Balaban J connectivity index is 1.44. The van der Waals surface area contributed by atoms with Gasteiger partial charge in [0.2, 0.25) is 17.7 Å². The third-order valence-corrected chi connectivity index (χ3v) is 11.1. The van der Waals surface area contributed by atoms with Crippen LogP contribution in [0.4, 0.5) is 0 Å². The van der Waals surface area contributed by atoms with E-state index in [4.69, 9.17) is 0 Å². The maximum absolute atomic E-state index is 14.9. The minimum absolute atomic E-state index is 0.0671. The summed E-state index contributed by atoms with van der Waals surface area (Å²) in [4.78, 5) is 48.1. The molecule has 11 heteroatoms. The number of carbonyl (C=O) groups excluding carboxylic acids is 3. The van der Waals surface area contributed by atoms with E-state index in [2.05, 4.69) is 23.5 Å². The van der Waals surface area contributed by atoms with Crippen LogP contribution in [0.3, 0.4) is 0 Å². The number of nitrogens with zero attached hydrogens (tertiary/aromatic N) is 6. The molecule has 2 aromatic carbocycles. The maximum Gasteiger partial charge on any atom is 0.248 e. The summed E-state index contributed by atoms with van der Waals surface area (Å²) >= 11 is 1.61. The minimum Gasteiger partial charge on any atom is -0.394 e. The minimum atomic E-state index is -0.894. The predicted octanol–water partition coefficient (Wildman–Crippen LogP) is 2.87. The molecule has 0 saturated carbocycles. The topological polar surface area (TPSA) is 112 Å². The van der Waals surface area contributed by atoms with Gasteiger partial charge >= 0.3 is 0 Å². The lowest BCUT2D eigenvalue weighted by Gasteiger charge is -2.39. The Morgan fingerprint density at radius 1 is 1.12 bits per heavy atom. The molecule has 1 spiro atoms. The van der Waals surface area contributed by atoms with Gasteiger partial charge in [-0.3, -0.25) is 14.4 Å². The van der Waals surface area contributed by atoms with Crippen LogP contribution < -0.4 is 0 Å². The average molecular weight is 601 g/mol. The molecule has 43 heavy (non-hydrogen) atoms. The summed E-state index contributed by atoms with van der Waals surface area (Å²) in [5.41, 5.74) is 2.23. The molecule has 3 aromatic rings. The van der Waals surface area contributed by atoms with Crippen LogP contribution in [0.5, 0.6) is 0 Å². The van der Waals surface area contributed by atoms with Crippen LogP contribution in [-0.2, 0) is 21.1 Å². The Labute approximate surface area is 255 Å². The van der Waals surface area contributed by atoms with Crippen molar-refractivity contribution in [3.63, 3.8) is 0 Å². The number of thioether (sulfide) groups is 1. The molecule has 6 atom stereocenters. The molecular formula is C32H36N6O4S. The van der Waals surface area contributed by atoms with E-state index < -0.39 is 28.7 Å². The van der Waals surface area contributed by atoms with E-state index in [0.29, 0.717) is 18.5 Å². The lowest BCUT2D eigenvalue weighted by molar-refractivity contribution is -0.147. The van der Waals surface area contributed by atoms with Crippen LogP contribution in [0, 0.1) is 11.8 Å². The van der Waals surface area contributed by atoms with Crippen molar-refractivity contribution in [2.75, 3.05) is 26.7 Å². The number of fused-ring (bicyclic) bond motifs is 2. The fraction of sp³-hybridized carbons (Fsp3) is 0.406. The van der Waals surface area contributed by atoms with Gasteiger partial charge in [0.1, 0.15) is 18.2 Å². The van der Waals surface area contributed by atoms with Crippen LogP contribution in [-0.4, -0.2) is 95.3 Å². The monoisotopic (exact) mass is 600 g/mol. The lowest BCUT2D eigenvalue weighted by Crippen LogP contribution is -2.56. The van der Waals surface area contributed by atoms with Gasteiger partial charge in [0.25, 0.3) is 0 Å². The van der Waals surface area contributed by atoms with E-state index in [-0.39, 0.29) is 42.8 Å². The van der Waals surface area contributed by atoms with Crippen molar-refractivity contribution in [1.82, 2.24) is 29.7 Å². The zero-order chi connectivity index (χ0) is 30.3. The van der Waals surface area contributed by atoms with Gasteiger partial charge in [-0.05, 0) is 30.5 Å². The first-order valence-corrected chi connectivity index (χ1v) is 15.4. The van der Waals surface area contributed by atoms with Crippen molar-refractivity contribution in [3.8, 4) is 0 Å². The normalized spacial score (nSPS) is 26.4. The molecule has 3 aliphatic rings. The number of rotatable bonds is 11. The van der Waals surface area contributed by atoms with E-state index in [9.17, 15) is 19.5 Å². The number of carbonyl (C=O) groups is 3. The molecule has 2 bridgehead atoms. The van der Waals surface area contributed by atoms with Crippen molar-refractivity contribution in [2.45, 2.75) is 41.6 Å². The summed E-state index contributed by atoms with van der Waals surface area (Å²) in [7, 11) is 1.72. The van der Waals surface area contributed by atoms with E-state index >= 15 is 0 Å². The van der Waals surface area contributed by atoms with Crippen molar-refractivity contribution in [1.29, 1.82) is 0 Å². The van der Waals surface area contributed by atoms with Crippen LogP contribution in [0.15, 0.2) is 79.9 Å². The maximum atomic E-state index is 14.9. The molecular weight excluding hydrogens is 564 g/mol. The van der Waals surface area contributed by atoms with Gasteiger partial charge in [-0.15, -0.1) is 30.0 Å². The fourth-order valence-corrected chi connectivity index (χ4v) is 9.48.